The van der Waals surface area contributed by atoms with Gasteiger partial charge in [-0.15, -0.1) is 10.2 Å². The summed E-state index contributed by atoms with van der Waals surface area (Å²) in [5.41, 5.74) is -0.00488. The Kier molecular flexibility index (Phi) is 5.77. The smallest absolute Gasteiger partial charge is 0.309 e. The molecule has 194 valence electrons. The second kappa shape index (κ2) is 8.50. The van der Waals surface area contributed by atoms with Crippen LogP contribution in [0.25, 0.3) is 33.8 Å². The first-order valence-corrected chi connectivity index (χ1v) is 12.8. The van der Waals surface area contributed by atoms with Gasteiger partial charge in [-0.25, -0.2) is 13.4 Å². The Balaban J connectivity index is 1.66. The van der Waals surface area contributed by atoms with Gasteiger partial charge in [0.1, 0.15) is 16.9 Å². The van der Waals surface area contributed by atoms with Crippen LogP contribution in [0.1, 0.15) is 37.1 Å². The van der Waals surface area contributed by atoms with Gasteiger partial charge in [-0.2, -0.15) is 22.0 Å². The maximum atomic E-state index is 13.8. The highest BCUT2D eigenvalue weighted by Crippen LogP contribution is 2.43. The molecule has 0 saturated heterocycles. The number of aromatic nitrogens is 6. The molecular weight excluding hydrogens is 519 g/mol. The van der Waals surface area contributed by atoms with Crippen molar-refractivity contribution in [2.24, 2.45) is 7.05 Å². The fourth-order valence-electron chi connectivity index (χ4n) is 3.89. The lowest BCUT2D eigenvalue weighted by Crippen LogP contribution is -2.34. The summed E-state index contributed by atoms with van der Waals surface area (Å²) in [5, 5.41) is 6.56. The summed E-state index contributed by atoms with van der Waals surface area (Å²) in [6.07, 6.45) is -0.711. The number of hydrogen-bond donors (Lipinski definition) is 0. The second-order valence-corrected chi connectivity index (χ2v) is 11.0. The van der Waals surface area contributed by atoms with Gasteiger partial charge in [0.25, 0.3) is 0 Å². The number of rotatable bonds is 6. The summed E-state index contributed by atoms with van der Waals surface area (Å²) in [7, 11) is -2.46. The number of nitrogens with zero attached hydrogens (tertiary/aromatic N) is 6. The standard InChI is InChI=1S/C23H19F5N6O2S/c1-3-37(35,36)17-9-14(13-6-7-29-15(8-13)12-4-5-12)11-30-19(17)21-31-16-10-18(22(24,25)23(26,27)28)32-33-20(16)34(21)2/h6-12H,3-5H2,1-2H3. The Hall–Kier alpha value is -3.55. The van der Waals surface area contributed by atoms with Crippen LogP contribution in [0.5, 0.6) is 0 Å². The van der Waals surface area contributed by atoms with Crippen LogP contribution in [0.2, 0.25) is 0 Å². The lowest BCUT2D eigenvalue weighted by Gasteiger charge is -2.17. The molecule has 4 aromatic rings. The third kappa shape index (κ3) is 4.32. The van der Waals surface area contributed by atoms with Crippen molar-refractivity contribution in [2.75, 3.05) is 5.75 Å². The lowest BCUT2D eigenvalue weighted by atomic mass is 10.1. The summed E-state index contributed by atoms with van der Waals surface area (Å²) in [4.78, 5) is 12.7. The van der Waals surface area contributed by atoms with E-state index in [9.17, 15) is 30.4 Å². The van der Waals surface area contributed by atoms with Gasteiger partial charge in [0.15, 0.2) is 21.3 Å². The molecule has 1 aliphatic carbocycles. The number of alkyl halides is 5. The molecule has 1 aliphatic rings. The maximum Gasteiger partial charge on any atom is 0.459 e. The van der Waals surface area contributed by atoms with E-state index >= 15 is 0 Å². The highest BCUT2D eigenvalue weighted by Gasteiger charge is 2.60. The third-order valence-electron chi connectivity index (χ3n) is 6.18. The Morgan fingerprint density at radius 1 is 1.03 bits per heavy atom. The Morgan fingerprint density at radius 2 is 1.76 bits per heavy atom. The van der Waals surface area contributed by atoms with Crippen molar-refractivity contribution in [3.8, 4) is 22.6 Å². The lowest BCUT2D eigenvalue weighted by molar-refractivity contribution is -0.291. The monoisotopic (exact) mass is 538 g/mol. The van der Waals surface area contributed by atoms with Crippen molar-refractivity contribution in [1.29, 1.82) is 0 Å². The predicted molar refractivity (Wildman–Crippen MR) is 122 cm³/mol. The number of imidazole rings is 1. The van der Waals surface area contributed by atoms with Gasteiger partial charge in [-0.1, -0.05) is 6.92 Å². The van der Waals surface area contributed by atoms with Gasteiger partial charge in [0.2, 0.25) is 0 Å². The Labute approximate surface area is 207 Å². The van der Waals surface area contributed by atoms with Crippen LogP contribution < -0.4 is 0 Å². The molecule has 0 atom stereocenters. The maximum absolute atomic E-state index is 13.8. The van der Waals surface area contributed by atoms with E-state index in [4.69, 9.17) is 0 Å². The van der Waals surface area contributed by atoms with Gasteiger partial charge in [0, 0.05) is 36.6 Å². The molecule has 5 rings (SSSR count). The number of fused-ring (bicyclic) bond motifs is 1. The summed E-state index contributed by atoms with van der Waals surface area (Å²) in [6, 6.07) is 5.54. The van der Waals surface area contributed by atoms with E-state index in [-0.39, 0.29) is 33.3 Å². The molecule has 0 N–H and O–H groups in total. The molecule has 0 bridgehead atoms. The number of sulfone groups is 1. The highest BCUT2D eigenvalue weighted by molar-refractivity contribution is 7.91. The van der Waals surface area contributed by atoms with E-state index in [1.807, 2.05) is 6.07 Å². The van der Waals surface area contributed by atoms with Crippen LogP contribution in [0, 0.1) is 0 Å². The van der Waals surface area contributed by atoms with Crippen molar-refractivity contribution >= 4 is 21.0 Å². The summed E-state index contributed by atoms with van der Waals surface area (Å²) >= 11 is 0. The Bertz CT molecular complexity index is 1630. The van der Waals surface area contributed by atoms with E-state index < -0.39 is 27.6 Å². The minimum atomic E-state index is -5.88. The van der Waals surface area contributed by atoms with Gasteiger partial charge >= 0.3 is 12.1 Å². The third-order valence-corrected chi connectivity index (χ3v) is 7.93. The molecular formula is C23H19F5N6O2S. The largest absolute Gasteiger partial charge is 0.459 e. The second-order valence-electron chi connectivity index (χ2n) is 8.72. The van der Waals surface area contributed by atoms with E-state index in [0.29, 0.717) is 17.5 Å². The van der Waals surface area contributed by atoms with Crippen LogP contribution >= 0.6 is 0 Å². The molecule has 0 aliphatic heterocycles. The van der Waals surface area contributed by atoms with Crippen LogP contribution in [-0.2, 0) is 22.8 Å². The molecule has 0 spiro atoms. The zero-order valence-corrected chi connectivity index (χ0v) is 20.3. The molecule has 0 aromatic carbocycles. The molecule has 1 fully saturated rings. The topological polar surface area (TPSA) is 104 Å². The van der Waals surface area contributed by atoms with Gasteiger partial charge in [0.05, 0.1) is 10.6 Å². The number of hydrogen-bond acceptors (Lipinski definition) is 7. The number of pyridine rings is 2. The number of aryl methyl sites for hydroxylation is 1. The summed E-state index contributed by atoms with van der Waals surface area (Å²) in [5.74, 6) is -5.21. The van der Waals surface area contributed by atoms with Crippen molar-refractivity contribution in [3.05, 3.63) is 48.0 Å². The summed E-state index contributed by atoms with van der Waals surface area (Å²) in [6.45, 7) is 1.45. The quantitative estimate of drug-likeness (QED) is 0.325. The highest BCUT2D eigenvalue weighted by atomic mass is 32.2. The fourth-order valence-corrected chi connectivity index (χ4v) is 4.95. The predicted octanol–water partition coefficient (Wildman–Crippen LogP) is 4.81. The summed E-state index contributed by atoms with van der Waals surface area (Å²) < 4.78 is 93.4. The minimum absolute atomic E-state index is 0.0799. The van der Waals surface area contributed by atoms with Crippen molar-refractivity contribution in [1.82, 2.24) is 29.7 Å². The molecule has 0 radical (unpaired) electrons. The molecule has 0 amide bonds. The molecule has 0 unspecified atom stereocenters. The van der Waals surface area contributed by atoms with Crippen LogP contribution in [0.3, 0.4) is 0 Å². The van der Waals surface area contributed by atoms with Crippen molar-refractivity contribution in [3.63, 3.8) is 0 Å². The van der Waals surface area contributed by atoms with Crippen molar-refractivity contribution in [2.45, 2.75) is 42.7 Å². The first-order valence-electron chi connectivity index (χ1n) is 11.2. The minimum Gasteiger partial charge on any atom is -0.309 e. The molecule has 8 nitrogen and oxygen atoms in total. The van der Waals surface area contributed by atoms with Crippen molar-refractivity contribution < 1.29 is 30.4 Å². The van der Waals surface area contributed by atoms with Gasteiger partial charge < -0.3 is 4.57 Å². The van der Waals surface area contributed by atoms with E-state index in [1.165, 1.54) is 30.8 Å². The molecule has 1 saturated carbocycles. The van der Waals surface area contributed by atoms with Crippen LogP contribution in [0.15, 0.2) is 41.6 Å². The molecule has 4 heterocycles. The molecule has 4 aromatic heterocycles. The molecule has 14 heteroatoms. The van der Waals surface area contributed by atoms with Crippen LogP contribution in [-0.4, -0.2) is 50.1 Å². The van der Waals surface area contributed by atoms with E-state index in [2.05, 4.69) is 25.1 Å². The van der Waals surface area contributed by atoms with E-state index in [1.54, 1.807) is 12.3 Å². The average Bonchev–Trinajstić information content (AvgIpc) is 3.67. The first-order chi connectivity index (χ1) is 17.3. The average molecular weight is 539 g/mol. The first kappa shape index (κ1) is 25.1. The van der Waals surface area contributed by atoms with E-state index in [0.717, 1.165) is 24.1 Å². The normalized spacial score (nSPS) is 14.9. The van der Waals surface area contributed by atoms with Gasteiger partial charge in [-0.05, 0) is 42.7 Å². The van der Waals surface area contributed by atoms with Crippen LogP contribution in [0.4, 0.5) is 22.0 Å². The number of halogens is 5. The fraction of sp³-hybridized carbons (Fsp3) is 0.348. The zero-order valence-electron chi connectivity index (χ0n) is 19.5. The van der Waals surface area contributed by atoms with Gasteiger partial charge in [-0.3, -0.25) is 9.97 Å². The zero-order chi connectivity index (χ0) is 26.8. The SMILES string of the molecule is CCS(=O)(=O)c1cc(-c2ccnc(C3CC3)c2)cnc1-c1nc2cc(C(F)(F)C(F)(F)F)nnc2n1C. The molecule has 37 heavy (non-hydrogen) atoms. The Morgan fingerprint density at radius 3 is 2.41 bits per heavy atom.